The summed E-state index contributed by atoms with van der Waals surface area (Å²) in [7, 11) is 1.81. The molecule has 3 aromatic carbocycles. The van der Waals surface area contributed by atoms with Gasteiger partial charge in [-0.15, -0.1) is 0 Å². The Morgan fingerprint density at radius 2 is 1.46 bits per heavy atom. The largest absolute Gasteiger partial charge is 0.480 e. The molecule has 0 saturated heterocycles. The fourth-order valence-electron chi connectivity index (χ4n) is 4.77. The molecule has 0 aromatic heterocycles. The van der Waals surface area contributed by atoms with E-state index in [2.05, 4.69) is 12.2 Å². The van der Waals surface area contributed by atoms with Crippen molar-refractivity contribution < 1.29 is 19.5 Å². The molecule has 7 heteroatoms. The van der Waals surface area contributed by atoms with Gasteiger partial charge in [0.2, 0.25) is 11.8 Å². The first-order valence-corrected chi connectivity index (χ1v) is 14.6. The van der Waals surface area contributed by atoms with Crippen LogP contribution in [0.4, 0.5) is 5.69 Å². The van der Waals surface area contributed by atoms with E-state index in [1.165, 1.54) is 25.7 Å². The molecule has 41 heavy (non-hydrogen) atoms. The van der Waals surface area contributed by atoms with Gasteiger partial charge in [-0.1, -0.05) is 106 Å². The smallest absolute Gasteiger partial charge is 0.326 e. The fraction of sp³-hybridized carbons (Fsp3) is 0.382. The monoisotopic (exact) mass is 557 g/mol. The molecule has 0 heterocycles. The number of hydrogen-bond acceptors (Lipinski definition) is 4. The standard InChI is InChI=1S/C34H43N3O4/c1-3-4-5-6-7-11-17-32(38)37(2)29-16-12-15-28(24-29)27-20-18-26(19-21-27)23-31(34(40)41)36-33(39)30(35)22-25-13-9-8-10-14-25/h8-10,12-16,18-21,24,30-31H,3-7,11,17,22-23,35H2,1-2H3,(H,36,39)(H,40,41)/t30-,31-/m0/s1. The van der Waals surface area contributed by atoms with E-state index in [-0.39, 0.29) is 12.3 Å². The summed E-state index contributed by atoms with van der Waals surface area (Å²) in [5, 5.41) is 12.3. The lowest BCUT2D eigenvalue weighted by atomic mass is 9.99. The number of carbonyl (C=O) groups excluding carboxylic acids is 2. The molecule has 7 nitrogen and oxygen atoms in total. The second-order valence-electron chi connectivity index (χ2n) is 10.6. The number of nitrogens with zero attached hydrogens (tertiary/aromatic N) is 1. The van der Waals surface area contributed by atoms with E-state index in [0.29, 0.717) is 12.8 Å². The van der Waals surface area contributed by atoms with Crippen LogP contribution in [0.2, 0.25) is 0 Å². The minimum Gasteiger partial charge on any atom is -0.480 e. The number of aliphatic carboxylic acids is 1. The van der Waals surface area contributed by atoms with Gasteiger partial charge in [-0.2, -0.15) is 0 Å². The summed E-state index contributed by atoms with van der Waals surface area (Å²) in [6, 6.07) is 22.9. The molecule has 2 amide bonds. The van der Waals surface area contributed by atoms with Crippen LogP contribution >= 0.6 is 0 Å². The molecule has 0 aliphatic rings. The van der Waals surface area contributed by atoms with Gasteiger partial charge < -0.3 is 21.1 Å². The maximum absolute atomic E-state index is 12.7. The first-order valence-electron chi connectivity index (χ1n) is 14.6. The number of amides is 2. The quantitative estimate of drug-likeness (QED) is 0.194. The van der Waals surface area contributed by atoms with Gasteiger partial charge in [0.05, 0.1) is 6.04 Å². The van der Waals surface area contributed by atoms with Crippen molar-refractivity contribution in [2.45, 2.75) is 76.8 Å². The van der Waals surface area contributed by atoms with Crippen molar-refractivity contribution in [2.24, 2.45) is 5.73 Å². The van der Waals surface area contributed by atoms with Crippen LogP contribution in [-0.2, 0) is 27.2 Å². The van der Waals surface area contributed by atoms with Gasteiger partial charge in [0.1, 0.15) is 6.04 Å². The highest BCUT2D eigenvalue weighted by molar-refractivity contribution is 5.93. The average molecular weight is 558 g/mol. The van der Waals surface area contributed by atoms with Gasteiger partial charge in [-0.05, 0) is 47.2 Å². The number of rotatable bonds is 16. The van der Waals surface area contributed by atoms with E-state index in [9.17, 15) is 19.5 Å². The normalized spacial score (nSPS) is 12.4. The third-order valence-corrected chi connectivity index (χ3v) is 7.33. The van der Waals surface area contributed by atoms with Gasteiger partial charge in [-0.25, -0.2) is 4.79 Å². The van der Waals surface area contributed by atoms with Gasteiger partial charge >= 0.3 is 5.97 Å². The Balaban J connectivity index is 1.57. The molecule has 0 fully saturated rings. The molecule has 218 valence electrons. The van der Waals surface area contributed by atoms with E-state index >= 15 is 0 Å². The van der Waals surface area contributed by atoms with Crippen molar-refractivity contribution in [1.82, 2.24) is 5.32 Å². The summed E-state index contributed by atoms with van der Waals surface area (Å²) in [4.78, 5) is 39.0. The number of anilines is 1. The summed E-state index contributed by atoms with van der Waals surface area (Å²) in [6.07, 6.45) is 7.87. The molecule has 0 saturated carbocycles. The summed E-state index contributed by atoms with van der Waals surface area (Å²) < 4.78 is 0. The second kappa shape index (κ2) is 16.3. The number of carboxylic acid groups (broad SMARTS) is 1. The van der Waals surface area contributed by atoms with Crippen LogP contribution in [0.1, 0.15) is 63.0 Å². The summed E-state index contributed by atoms with van der Waals surface area (Å²) >= 11 is 0. The summed E-state index contributed by atoms with van der Waals surface area (Å²) in [5.74, 6) is -1.50. The van der Waals surface area contributed by atoms with E-state index in [4.69, 9.17) is 5.73 Å². The van der Waals surface area contributed by atoms with Crippen LogP contribution in [-0.4, -0.2) is 42.0 Å². The zero-order valence-corrected chi connectivity index (χ0v) is 24.2. The van der Waals surface area contributed by atoms with Crippen molar-refractivity contribution in [3.8, 4) is 11.1 Å². The van der Waals surface area contributed by atoms with Crippen molar-refractivity contribution in [2.75, 3.05) is 11.9 Å². The predicted molar refractivity (Wildman–Crippen MR) is 165 cm³/mol. The third kappa shape index (κ3) is 10.2. The number of benzene rings is 3. The van der Waals surface area contributed by atoms with E-state index in [0.717, 1.165) is 40.8 Å². The number of nitrogens with one attached hydrogen (secondary N) is 1. The maximum atomic E-state index is 12.7. The molecule has 0 radical (unpaired) electrons. The van der Waals surface area contributed by atoms with E-state index in [1.54, 1.807) is 4.90 Å². The Morgan fingerprint density at radius 1 is 0.805 bits per heavy atom. The van der Waals surface area contributed by atoms with Crippen molar-refractivity contribution in [1.29, 1.82) is 0 Å². The molecule has 0 aliphatic carbocycles. The van der Waals surface area contributed by atoms with Crippen LogP contribution in [0.15, 0.2) is 78.9 Å². The molecule has 0 unspecified atom stereocenters. The molecular formula is C34H43N3O4. The predicted octanol–water partition coefficient (Wildman–Crippen LogP) is 5.75. The first-order chi connectivity index (χ1) is 19.8. The lowest BCUT2D eigenvalue weighted by Crippen LogP contribution is -2.50. The number of carboxylic acids is 1. The Morgan fingerprint density at radius 3 is 2.15 bits per heavy atom. The average Bonchev–Trinajstić information content (AvgIpc) is 2.98. The minimum absolute atomic E-state index is 0.109. The molecule has 3 aromatic rings. The highest BCUT2D eigenvalue weighted by atomic mass is 16.4. The van der Waals surface area contributed by atoms with E-state index in [1.807, 2.05) is 85.9 Å². The van der Waals surface area contributed by atoms with E-state index < -0.39 is 24.0 Å². The zero-order chi connectivity index (χ0) is 29.6. The Labute approximate surface area is 243 Å². The van der Waals surface area contributed by atoms with Crippen LogP contribution in [0.3, 0.4) is 0 Å². The van der Waals surface area contributed by atoms with Gasteiger partial charge in [0, 0.05) is 25.6 Å². The van der Waals surface area contributed by atoms with Crippen LogP contribution in [0.5, 0.6) is 0 Å². The Kier molecular flexibility index (Phi) is 12.6. The first kappa shape index (κ1) is 31.6. The van der Waals surface area contributed by atoms with Crippen LogP contribution in [0.25, 0.3) is 11.1 Å². The van der Waals surface area contributed by atoms with Crippen LogP contribution < -0.4 is 16.0 Å². The Bertz CT molecular complexity index is 1260. The maximum Gasteiger partial charge on any atom is 0.326 e. The lowest BCUT2D eigenvalue weighted by molar-refractivity contribution is -0.142. The van der Waals surface area contributed by atoms with Crippen molar-refractivity contribution in [3.63, 3.8) is 0 Å². The van der Waals surface area contributed by atoms with Crippen molar-refractivity contribution >= 4 is 23.5 Å². The minimum atomic E-state index is -1.12. The van der Waals surface area contributed by atoms with Gasteiger partial charge in [-0.3, -0.25) is 9.59 Å². The highest BCUT2D eigenvalue weighted by Crippen LogP contribution is 2.25. The summed E-state index contributed by atoms with van der Waals surface area (Å²) in [6.45, 7) is 2.20. The lowest BCUT2D eigenvalue weighted by Gasteiger charge is -2.19. The zero-order valence-electron chi connectivity index (χ0n) is 24.2. The highest BCUT2D eigenvalue weighted by Gasteiger charge is 2.24. The second-order valence-corrected chi connectivity index (χ2v) is 10.6. The number of unbranched alkanes of at least 4 members (excludes halogenated alkanes) is 5. The molecule has 2 atom stereocenters. The van der Waals surface area contributed by atoms with Crippen molar-refractivity contribution in [3.05, 3.63) is 90.0 Å². The number of hydrogen-bond donors (Lipinski definition) is 3. The number of nitrogens with two attached hydrogens (primary N) is 1. The molecule has 0 spiro atoms. The fourth-order valence-corrected chi connectivity index (χ4v) is 4.77. The molecular weight excluding hydrogens is 514 g/mol. The topological polar surface area (TPSA) is 113 Å². The number of carbonyl (C=O) groups is 3. The van der Waals surface area contributed by atoms with Crippen LogP contribution in [0, 0.1) is 0 Å². The van der Waals surface area contributed by atoms with Gasteiger partial charge in [0.25, 0.3) is 0 Å². The molecule has 0 aliphatic heterocycles. The molecule has 3 rings (SSSR count). The SMILES string of the molecule is CCCCCCCCC(=O)N(C)c1cccc(-c2ccc(C[C@H](NC(=O)[C@@H](N)Cc3ccccc3)C(=O)O)cc2)c1. The van der Waals surface area contributed by atoms with Gasteiger partial charge in [0.15, 0.2) is 0 Å². The summed E-state index contributed by atoms with van der Waals surface area (Å²) in [5.41, 5.74) is 10.5. The molecule has 4 N–H and O–H groups in total. The Hall–Kier alpha value is -3.97. The third-order valence-electron chi connectivity index (χ3n) is 7.33. The molecule has 0 bridgehead atoms.